The van der Waals surface area contributed by atoms with E-state index in [-0.39, 0.29) is 41.6 Å². The second-order valence-corrected chi connectivity index (χ2v) is 20.7. The van der Waals surface area contributed by atoms with Crippen LogP contribution in [0.1, 0.15) is 105 Å². The van der Waals surface area contributed by atoms with Gasteiger partial charge in [0.1, 0.15) is 0 Å². The third kappa shape index (κ3) is 6.86. The molecule has 2 aliphatic rings. The van der Waals surface area contributed by atoms with Crippen molar-refractivity contribution in [3.05, 3.63) is 123 Å². The largest absolute Gasteiger partial charge is 1.00 e. The molecular formula is C44H51Cl2SiZr. The van der Waals surface area contributed by atoms with Crippen LogP contribution in [0.3, 0.4) is 0 Å². The zero-order valence-corrected chi connectivity index (χ0v) is 35.8. The van der Waals surface area contributed by atoms with Crippen molar-refractivity contribution in [1.82, 2.24) is 0 Å². The van der Waals surface area contributed by atoms with Gasteiger partial charge in [-0.2, -0.15) is 0 Å². The van der Waals surface area contributed by atoms with Crippen LogP contribution in [-0.4, -0.2) is 8.80 Å². The van der Waals surface area contributed by atoms with Crippen molar-refractivity contribution in [2.45, 2.75) is 95.8 Å². The topological polar surface area (TPSA) is 0 Å². The fourth-order valence-corrected chi connectivity index (χ4v) is 11.0. The van der Waals surface area contributed by atoms with Crippen LogP contribution in [0.2, 0.25) is 13.1 Å². The van der Waals surface area contributed by atoms with Crippen LogP contribution in [0.5, 0.6) is 0 Å². The molecule has 0 heterocycles. The smallest absolute Gasteiger partial charge is 1.00 e. The van der Waals surface area contributed by atoms with Crippen LogP contribution in [-0.2, 0) is 35.5 Å². The van der Waals surface area contributed by atoms with Crippen LogP contribution < -0.4 is 30.0 Å². The molecule has 2 aliphatic carbocycles. The zero-order valence-electron chi connectivity index (χ0n) is 30.6. The van der Waals surface area contributed by atoms with E-state index in [9.17, 15) is 0 Å². The van der Waals surface area contributed by atoms with Crippen molar-refractivity contribution >= 4 is 25.6 Å². The van der Waals surface area contributed by atoms with E-state index in [4.69, 9.17) is 0 Å². The fourth-order valence-electron chi connectivity index (χ4n) is 7.85. The summed E-state index contributed by atoms with van der Waals surface area (Å²) in [5.74, 6) is 0.773. The van der Waals surface area contributed by atoms with E-state index in [1.165, 1.54) is 50.1 Å². The molecule has 0 saturated heterocycles. The van der Waals surface area contributed by atoms with E-state index in [2.05, 4.69) is 160 Å². The number of benzene rings is 4. The molecule has 4 aromatic carbocycles. The van der Waals surface area contributed by atoms with Crippen molar-refractivity contribution in [2.75, 3.05) is 0 Å². The summed E-state index contributed by atoms with van der Waals surface area (Å²) in [5, 5.41) is 1.60. The summed E-state index contributed by atoms with van der Waals surface area (Å²) >= 11 is 1.59. The number of rotatable bonds is 5. The Balaban J connectivity index is 0.00000260. The van der Waals surface area contributed by atoms with E-state index >= 15 is 0 Å². The van der Waals surface area contributed by atoms with Crippen molar-refractivity contribution in [3.8, 4) is 22.3 Å². The first-order valence-corrected chi connectivity index (χ1v) is 21.5. The Hall–Kier alpha value is -1.96. The first kappa shape index (κ1) is 38.8. The number of fused-ring (bicyclic) bond motifs is 2. The molecule has 249 valence electrons. The van der Waals surface area contributed by atoms with Crippen molar-refractivity contribution < 1.29 is 49.5 Å². The molecule has 0 saturated carbocycles. The predicted octanol–water partition coefficient (Wildman–Crippen LogP) is 5.53. The minimum atomic E-state index is -1.12. The Bertz CT molecular complexity index is 1860. The van der Waals surface area contributed by atoms with Crippen molar-refractivity contribution in [1.29, 1.82) is 0 Å². The van der Waals surface area contributed by atoms with E-state index in [1.54, 1.807) is 52.2 Å². The molecule has 6 rings (SSSR count). The Kier molecular flexibility index (Phi) is 11.6. The SMILES string of the molecule is CC1=Cc2c(-c3ccc(C(C)(C)C)cc3)cccc2C1C1=C(C(C)C)[CH]([Zr+2])c2ccc([SiH](C)C)c(-c3ccc(C(C)(C)C)cc3)c21.[Cl-].[Cl-]. The standard InChI is InChI=1S/C44H51Si.2ClH.Zr/c1-27(2)36-26-31-19-24-38(45(10)11)40(30-17-22-33(23-18-30)44(7,8)9)41(31)42(36)39-28(3)25-37-34(13-12-14-35(37)39)29-15-20-32(21-16-29)43(4,5)6;;;/h12-27,39,45H,1-11H3;2*1H;/q;;;+2/p-2. The average molecular weight is 770 g/mol. The summed E-state index contributed by atoms with van der Waals surface area (Å²) in [6.45, 7) is 26.1. The minimum absolute atomic E-state index is 0. The normalized spacial score (nSPS) is 17.3. The van der Waals surface area contributed by atoms with Gasteiger partial charge in [-0.3, -0.25) is 0 Å². The molecule has 0 radical (unpaired) electrons. The summed E-state index contributed by atoms with van der Waals surface area (Å²) in [6, 6.07) is 31.0. The molecule has 0 fully saturated rings. The quantitative estimate of drug-likeness (QED) is 0.235. The first-order valence-electron chi connectivity index (χ1n) is 17.2. The number of allylic oxidation sites excluding steroid dienone is 3. The Morgan fingerprint density at radius 3 is 1.71 bits per heavy atom. The van der Waals surface area contributed by atoms with Gasteiger partial charge in [0.2, 0.25) is 0 Å². The molecule has 4 heteroatoms. The van der Waals surface area contributed by atoms with Gasteiger partial charge in [-0.05, 0) is 0 Å². The molecule has 0 aliphatic heterocycles. The maximum Gasteiger partial charge on any atom is -1.00 e. The van der Waals surface area contributed by atoms with Gasteiger partial charge >= 0.3 is 277 Å². The molecule has 0 nitrogen and oxygen atoms in total. The van der Waals surface area contributed by atoms with Gasteiger partial charge in [0.05, 0.1) is 0 Å². The average Bonchev–Trinajstić information content (AvgIpc) is 3.48. The fraction of sp³-hybridized carbons (Fsp3) is 0.364. The molecule has 0 spiro atoms. The van der Waals surface area contributed by atoms with E-state index in [0.717, 1.165) is 0 Å². The number of hydrogen-bond acceptors (Lipinski definition) is 0. The molecule has 0 bridgehead atoms. The Labute approximate surface area is 320 Å². The first-order chi connectivity index (χ1) is 21.6. The minimum Gasteiger partial charge on any atom is -1.00 e. The van der Waals surface area contributed by atoms with Gasteiger partial charge in [0.15, 0.2) is 0 Å². The van der Waals surface area contributed by atoms with Gasteiger partial charge in [-0.1, -0.05) is 20.8 Å². The molecule has 0 N–H and O–H groups in total. The summed E-state index contributed by atoms with van der Waals surface area (Å²) in [7, 11) is -1.12. The van der Waals surface area contributed by atoms with Crippen LogP contribution in [0, 0.1) is 5.92 Å². The van der Waals surface area contributed by atoms with Gasteiger partial charge in [0.25, 0.3) is 0 Å². The van der Waals surface area contributed by atoms with Crippen LogP contribution >= 0.6 is 0 Å². The van der Waals surface area contributed by atoms with Crippen LogP contribution in [0.4, 0.5) is 0 Å². The molecule has 2 unspecified atom stereocenters. The third-order valence-corrected chi connectivity index (χ3v) is 13.6. The summed E-state index contributed by atoms with van der Waals surface area (Å²) in [4.78, 5) is 0. The molecule has 2 atom stereocenters. The van der Waals surface area contributed by atoms with Gasteiger partial charge < -0.3 is 24.8 Å². The second kappa shape index (κ2) is 14.3. The summed E-state index contributed by atoms with van der Waals surface area (Å²) < 4.78 is 0.498. The second-order valence-electron chi connectivity index (χ2n) is 16.4. The van der Waals surface area contributed by atoms with Crippen LogP contribution in [0.25, 0.3) is 33.9 Å². The van der Waals surface area contributed by atoms with Gasteiger partial charge in [0, 0.05) is 0 Å². The molecule has 48 heavy (non-hydrogen) atoms. The van der Waals surface area contributed by atoms with Crippen molar-refractivity contribution in [3.63, 3.8) is 0 Å². The Morgan fingerprint density at radius 1 is 0.667 bits per heavy atom. The van der Waals surface area contributed by atoms with Crippen LogP contribution in [0.15, 0.2) is 90.0 Å². The maximum atomic E-state index is 2.52. The molecule has 0 aromatic heterocycles. The van der Waals surface area contributed by atoms with E-state index < -0.39 is 8.80 Å². The van der Waals surface area contributed by atoms with E-state index in [0.29, 0.717) is 9.54 Å². The molecule has 0 amide bonds. The zero-order chi connectivity index (χ0) is 33.3. The van der Waals surface area contributed by atoms with E-state index in [1.807, 2.05) is 0 Å². The molecular weight excluding hydrogens is 719 g/mol. The third-order valence-electron chi connectivity index (χ3n) is 10.4. The number of hydrogen-bond donors (Lipinski definition) is 0. The molecule has 4 aromatic rings. The van der Waals surface area contributed by atoms with Crippen molar-refractivity contribution in [2.24, 2.45) is 5.92 Å². The van der Waals surface area contributed by atoms with Gasteiger partial charge in [-0.25, -0.2) is 0 Å². The van der Waals surface area contributed by atoms with Gasteiger partial charge in [-0.15, -0.1) is 0 Å². The predicted molar refractivity (Wildman–Crippen MR) is 201 cm³/mol. The Morgan fingerprint density at radius 2 is 1.21 bits per heavy atom. The summed E-state index contributed by atoms with van der Waals surface area (Å²) in [5.41, 5.74) is 19.4. The maximum absolute atomic E-state index is 2.52. The summed E-state index contributed by atoms with van der Waals surface area (Å²) in [6.07, 6.45) is 2.51. The number of halogens is 2. The monoisotopic (exact) mass is 767 g/mol.